The molecule has 2 N–H and O–H groups in total. The topological polar surface area (TPSA) is 139 Å². The molecule has 0 spiro atoms. The highest BCUT2D eigenvalue weighted by atomic mass is 19.3. The lowest BCUT2D eigenvalue weighted by molar-refractivity contribution is -0.125. The van der Waals surface area contributed by atoms with E-state index in [4.69, 9.17) is 4.74 Å². The molecule has 1 aromatic carbocycles. The second-order valence-electron chi connectivity index (χ2n) is 8.00. The first kappa shape index (κ1) is 24.8. The monoisotopic (exact) mass is 502 g/mol. The van der Waals surface area contributed by atoms with Gasteiger partial charge in [-0.3, -0.25) is 9.69 Å². The highest BCUT2D eigenvalue weighted by Crippen LogP contribution is 2.22. The number of carboxylic acid groups (broad SMARTS) is 1. The third-order valence-electron chi connectivity index (χ3n) is 5.83. The van der Waals surface area contributed by atoms with E-state index in [0.29, 0.717) is 29.4 Å². The van der Waals surface area contributed by atoms with Gasteiger partial charge in [0.1, 0.15) is 18.3 Å². The van der Waals surface area contributed by atoms with Gasteiger partial charge < -0.3 is 20.1 Å². The number of halogens is 2. The van der Waals surface area contributed by atoms with Crippen LogP contribution in [0.4, 0.5) is 19.4 Å². The molecular formula is C22H24F2N8O4. The van der Waals surface area contributed by atoms with Gasteiger partial charge in [-0.2, -0.15) is 0 Å². The number of hydrogen-bond acceptors (Lipinski definition) is 8. The Hall–Kier alpha value is -4.36. The van der Waals surface area contributed by atoms with Crippen LogP contribution in [0.1, 0.15) is 23.4 Å². The fourth-order valence-electron chi connectivity index (χ4n) is 3.82. The second-order valence-corrected chi connectivity index (χ2v) is 8.00. The number of aryl methyl sites for hydroxylation is 1. The van der Waals surface area contributed by atoms with Gasteiger partial charge in [-0.1, -0.05) is 17.3 Å². The lowest BCUT2D eigenvalue weighted by Gasteiger charge is -2.39. The van der Waals surface area contributed by atoms with Crippen molar-refractivity contribution in [3.05, 3.63) is 53.3 Å². The summed E-state index contributed by atoms with van der Waals surface area (Å²) in [5.41, 5.74) is 1.69. The quantitative estimate of drug-likeness (QED) is 0.495. The molecule has 3 aromatic rings. The van der Waals surface area contributed by atoms with Crippen LogP contribution in [0.2, 0.25) is 0 Å². The van der Waals surface area contributed by atoms with Crippen LogP contribution in [0.3, 0.4) is 0 Å². The Labute approximate surface area is 204 Å². The summed E-state index contributed by atoms with van der Waals surface area (Å²) in [7, 11) is 1.45. The van der Waals surface area contributed by atoms with E-state index in [1.54, 1.807) is 24.0 Å². The summed E-state index contributed by atoms with van der Waals surface area (Å²) in [5, 5.41) is 28.2. The van der Waals surface area contributed by atoms with Gasteiger partial charge in [-0.05, 0) is 25.1 Å². The Kier molecular flexibility index (Phi) is 7.22. The average molecular weight is 502 g/mol. The molecule has 3 heterocycles. The van der Waals surface area contributed by atoms with E-state index in [1.165, 1.54) is 36.0 Å². The molecule has 1 unspecified atom stereocenters. The first-order chi connectivity index (χ1) is 17.3. The number of piperazine rings is 1. The Bertz CT molecular complexity index is 1220. The summed E-state index contributed by atoms with van der Waals surface area (Å²) in [6.45, 7) is 2.43. The van der Waals surface area contributed by atoms with Gasteiger partial charge in [-0.25, -0.2) is 18.3 Å². The Balaban J connectivity index is 1.43. The third-order valence-corrected chi connectivity index (χ3v) is 5.83. The van der Waals surface area contributed by atoms with Crippen molar-refractivity contribution in [1.82, 2.24) is 35.4 Å². The predicted molar refractivity (Wildman–Crippen MR) is 122 cm³/mol. The number of hydrogen-bond donors (Lipinski definition) is 2. The number of carbonyl (C=O) groups excluding carboxylic acids is 1. The molecule has 36 heavy (non-hydrogen) atoms. The van der Waals surface area contributed by atoms with E-state index in [1.807, 2.05) is 0 Å². The van der Waals surface area contributed by atoms with Crippen molar-refractivity contribution in [3.63, 3.8) is 0 Å². The van der Waals surface area contributed by atoms with Crippen LogP contribution in [0, 0.1) is 6.92 Å². The molecule has 0 radical (unpaired) electrons. The van der Waals surface area contributed by atoms with Gasteiger partial charge in [0, 0.05) is 38.3 Å². The summed E-state index contributed by atoms with van der Waals surface area (Å²) in [6, 6.07) is 8.14. The van der Waals surface area contributed by atoms with Gasteiger partial charge in [0.05, 0.1) is 11.4 Å². The molecule has 12 nitrogen and oxygen atoms in total. The number of nitrogens with one attached hydrogen (secondary N) is 1. The van der Waals surface area contributed by atoms with Crippen LogP contribution in [0.15, 0.2) is 36.4 Å². The fourth-order valence-corrected chi connectivity index (χ4v) is 3.82. The summed E-state index contributed by atoms with van der Waals surface area (Å²) in [5.74, 6) is 0.300. The minimum atomic E-state index is -2.56. The number of aromatic nitrogens is 5. The molecule has 0 bridgehead atoms. The number of likely N-dealkylation sites (N-methyl/N-ethyl adjacent to an activating group) is 1. The van der Waals surface area contributed by atoms with Crippen LogP contribution in [-0.2, 0) is 11.4 Å². The predicted octanol–water partition coefficient (Wildman–Crippen LogP) is 1.80. The molecule has 0 saturated carbocycles. The van der Waals surface area contributed by atoms with E-state index in [2.05, 4.69) is 25.8 Å². The smallest absolute Gasteiger partial charge is 0.408 e. The number of nitrogens with zero attached hydrogens (tertiary/aromatic N) is 7. The molecule has 190 valence electrons. The lowest BCUT2D eigenvalue weighted by atomic mass is 10.1. The Morgan fingerprint density at radius 1 is 1.14 bits per heavy atom. The average Bonchev–Trinajstić information content (AvgIpc) is 3.26. The number of benzene rings is 1. The number of rotatable bonds is 7. The largest absolute Gasteiger partial charge is 0.470 e. The lowest BCUT2D eigenvalue weighted by Crippen LogP contribution is -2.60. The van der Waals surface area contributed by atoms with E-state index in [0.717, 1.165) is 4.90 Å². The molecule has 14 heteroatoms. The van der Waals surface area contributed by atoms with Crippen molar-refractivity contribution in [2.24, 2.45) is 0 Å². The highest BCUT2D eigenvalue weighted by Gasteiger charge is 2.35. The zero-order valence-corrected chi connectivity index (χ0v) is 19.5. The van der Waals surface area contributed by atoms with Crippen molar-refractivity contribution in [2.75, 3.05) is 31.6 Å². The van der Waals surface area contributed by atoms with Crippen molar-refractivity contribution >= 4 is 17.8 Å². The number of ether oxygens (including phenoxy) is 1. The zero-order valence-electron chi connectivity index (χ0n) is 19.5. The molecule has 1 aliphatic rings. The summed E-state index contributed by atoms with van der Waals surface area (Å²) in [6.07, 6.45) is -3.72. The summed E-state index contributed by atoms with van der Waals surface area (Å²) in [4.78, 5) is 26.5. The van der Waals surface area contributed by atoms with E-state index < -0.39 is 24.5 Å². The first-order valence-corrected chi connectivity index (χ1v) is 11.0. The molecule has 1 saturated heterocycles. The standard InChI is InChI=1S/C22H24F2N8O4/c1-13-17(32(29-26-13)15-5-3-14(4-6-15)20(23)24)12-36-19-8-7-18(27-28-19)30-9-10-31(22(34)35)16(11-30)21(33)25-2/h3-8,16,20H,9-12H2,1-2H3,(H,25,33)(H,34,35). The van der Waals surface area contributed by atoms with Crippen molar-refractivity contribution in [2.45, 2.75) is 26.0 Å². The summed E-state index contributed by atoms with van der Waals surface area (Å²) < 4.78 is 33.0. The van der Waals surface area contributed by atoms with Gasteiger partial charge in [-0.15, -0.1) is 15.3 Å². The van der Waals surface area contributed by atoms with Gasteiger partial charge in [0.2, 0.25) is 11.8 Å². The maximum atomic E-state index is 12.8. The number of anilines is 1. The Morgan fingerprint density at radius 3 is 2.50 bits per heavy atom. The minimum Gasteiger partial charge on any atom is -0.470 e. The van der Waals surface area contributed by atoms with E-state index in [9.17, 15) is 23.5 Å². The second kappa shape index (κ2) is 10.5. The molecule has 2 aromatic heterocycles. The zero-order chi connectivity index (χ0) is 25.8. The van der Waals surface area contributed by atoms with Crippen molar-refractivity contribution in [3.8, 4) is 11.6 Å². The maximum Gasteiger partial charge on any atom is 0.408 e. The van der Waals surface area contributed by atoms with E-state index >= 15 is 0 Å². The van der Waals surface area contributed by atoms with Crippen LogP contribution in [0.5, 0.6) is 5.88 Å². The van der Waals surface area contributed by atoms with E-state index in [-0.39, 0.29) is 31.1 Å². The van der Waals surface area contributed by atoms with Crippen molar-refractivity contribution in [1.29, 1.82) is 0 Å². The van der Waals surface area contributed by atoms with Crippen LogP contribution < -0.4 is 15.0 Å². The fraction of sp³-hybridized carbons (Fsp3) is 0.364. The number of alkyl halides is 2. The maximum absolute atomic E-state index is 12.8. The SMILES string of the molecule is CNC(=O)C1CN(c2ccc(OCc3c(C)nnn3-c3ccc(C(F)F)cc3)nn2)CCN1C(=O)O. The number of carbonyl (C=O) groups is 2. The van der Waals surface area contributed by atoms with Crippen molar-refractivity contribution < 1.29 is 28.2 Å². The highest BCUT2D eigenvalue weighted by molar-refractivity contribution is 5.86. The third kappa shape index (κ3) is 5.16. The molecule has 1 fully saturated rings. The molecular weight excluding hydrogens is 478 g/mol. The molecule has 4 rings (SSSR count). The minimum absolute atomic E-state index is 0.0550. The van der Waals surface area contributed by atoms with Crippen LogP contribution in [-0.4, -0.2) is 79.9 Å². The molecule has 1 aliphatic heterocycles. The van der Waals surface area contributed by atoms with Crippen LogP contribution in [0.25, 0.3) is 5.69 Å². The van der Waals surface area contributed by atoms with Gasteiger partial charge in [0.15, 0.2) is 5.82 Å². The molecule has 2 amide bonds. The van der Waals surface area contributed by atoms with Gasteiger partial charge >= 0.3 is 6.09 Å². The molecule has 1 atom stereocenters. The van der Waals surface area contributed by atoms with Gasteiger partial charge in [0.25, 0.3) is 6.43 Å². The molecule has 0 aliphatic carbocycles. The Morgan fingerprint density at radius 2 is 1.89 bits per heavy atom. The first-order valence-electron chi connectivity index (χ1n) is 11.0. The van der Waals surface area contributed by atoms with Crippen LogP contribution >= 0.6 is 0 Å². The summed E-state index contributed by atoms with van der Waals surface area (Å²) >= 11 is 0. The number of amides is 2. The normalized spacial score (nSPS) is 15.8.